The standard InChI is InChI=1S/C18H24N4O/c1-10-6-11(2)22-17(20-10)16(9-19-22)18(23)21-12(3)15-8-13-4-5-14(15)7-13/h6,9,12-15H,4-5,7-8H2,1-3H3,(H,21,23)/t12-,13-,14-,15+/m1/s1. The van der Waals surface area contributed by atoms with Crippen LogP contribution in [-0.2, 0) is 0 Å². The van der Waals surface area contributed by atoms with Crippen LogP contribution in [-0.4, -0.2) is 26.5 Å². The van der Waals surface area contributed by atoms with Crippen molar-refractivity contribution in [3.05, 3.63) is 29.2 Å². The SMILES string of the molecule is Cc1cc(C)n2ncc(C(=O)N[C@H](C)[C@@H]3C[C@@H]4CC[C@@H]3C4)c2n1. The molecule has 2 aromatic rings. The van der Waals surface area contributed by atoms with E-state index in [-0.39, 0.29) is 11.9 Å². The zero-order valence-corrected chi connectivity index (χ0v) is 14.0. The number of nitrogens with zero attached hydrogens (tertiary/aromatic N) is 3. The van der Waals surface area contributed by atoms with E-state index in [1.54, 1.807) is 10.7 Å². The molecule has 0 radical (unpaired) electrons. The van der Waals surface area contributed by atoms with Gasteiger partial charge in [0.15, 0.2) is 5.65 Å². The molecule has 2 bridgehead atoms. The smallest absolute Gasteiger partial charge is 0.256 e. The molecule has 2 fully saturated rings. The normalized spacial score (nSPS) is 27.5. The average molecular weight is 312 g/mol. The first-order chi connectivity index (χ1) is 11.0. The molecule has 4 atom stereocenters. The van der Waals surface area contributed by atoms with Crippen molar-refractivity contribution in [3.63, 3.8) is 0 Å². The number of hydrogen-bond donors (Lipinski definition) is 1. The van der Waals surface area contributed by atoms with Crippen molar-refractivity contribution in [2.45, 2.75) is 52.5 Å². The number of fused-ring (bicyclic) bond motifs is 3. The largest absolute Gasteiger partial charge is 0.349 e. The van der Waals surface area contributed by atoms with Gasteiger partial charge >= 0.3 is 0 Å². The minimum absolute atomic E-state index is 0.0484. The molecule has 4 rings (SSSR count). The van der Waals surface area contributed by atoms with E-state index in [0.29, 0.717) is 17.1 Å². The van der Waals surface area contributed by atoms with Crippen LogP contribution < -0.4 is 5.32 Å². The molecule has 1 N–H and O–H groups in total. The molecule has 0 aliphatic heterocycles. The topological polar surface area (TPSA) is 59.3 Å². The van der Waals surface area contributed by atoms with Crippen molar-refractivity contribution in [1.82, 2.24) is 19.9 Å². The summed E-state index contributed by atoms with van der Waals surface area (Å²) in [4.78, 5) is 17.2. The lowest BCUT2D eigenvalue weighted by Gasteiger charge is -2.28. The highest BCUT2D eigenvalue weighted by Crippen LogP contribution is 2.49. The van der Waals surface area contributed by atoms with Crippen LogP contribution in [0.3, 0.4) is 0 Å². The van der Waals surface area contributed by atoms with Gasteiger partial charge < -0.3 is 5.32 Å². The van der Waals surface area contributed by atoms with Gasteiger partial charge in [0.05, 0.1) is 6.20 Å². The molecule has 2 aliphatic rings. The summed E-state index contributed by atoms with van der Waals surface area (Å²) < 4.78 is 1.74. The molecule has 1 amide bonds. The number of rotatable bonds is 3. The first kappa shape index (κ1) is 14.7. The van der Waals surface area contributed by atoms with Gasteiger partial charge in [-0.15, -0.1) is 0 Å². The predicted molar refractivity (Wildman–Crippen MR) is 88.3 cm³/mol. The second-order valence-corrected chi connectivity index (χ2v) is 7.43. The van der Waals surface area contributed by atoms with Gasteiger partial charge in [0.1, 0.15) is 5.56 Å². The molecule has 2 heterocycles. The van der Waals surface area contributed by atoms with Gasteiger partial charge in [0.25, 0.3) is 5.91 Å². The summed E-state index contributed by atoms with van der Waals surface area (Å²) in [5.74, 6) is 2.29. The van der Waals surface area contributed by atoms with E-state index in [9.17, 15) is 4.79 Å². The molecule has 2 aromatic heterocycles. The maximum atomic E-state index is 12.7. The first-order valence-electron chi connectivity index (χ1n) is 8.65. The third kappa shape index (κ3) is 2.42. The molecular weight excluding hydrogens is 288 g/mol. The van der Waals surface area contributed by atoms with Crippen molar-refractivity contribution >= 4 is 11.6 Å². The number of aryl methyl sites for hydroxylation is 2. The van der Waals surface area contributed by atoms with E-state index in [1.807, 2.05) is 19.9 Å². The number of hydrogen-bond acceptors (Lipinski definition) is 3. The van der Waals surface area contributed by atoms with Gasteiger partial charge in [-0.3, -0.25) is 4.79 Å². The van der Waals surface area contributed by atoms with Crippen LogP contribution in [0, 0.1) is 31.6 Å². The first-order valence-corrected chi connectivity index (χ1v) is 8.65. The molecule has 0 aromatic carbocycles. The monoisotopic (exact) mass is 312 g/mol. The highest BCUT2D eigenvalue weighted by molar-refractivity contribution is 5.99. The van der Waals surface area contributed by atoms with Crippen molar-refractivity contribution in [1.29, 1.82) is 0 Å². The Morgan fingerprint density at radius 1 is 1.35 bits per heavy atom. The quantitative estimate of drug-likeness (QED) is 0.948. The summed E-state index contributed by atoms with van der Waals surface area (Å²) in [6.45, 7) is 6.08. The summed E-state index contributed by atoms with van der Waals surface area (Å²) in [5.41, 5.74) is 3.13. The molecule has 5 heteroatoms. The van der Waals surface area contributed by atoms with Crippen LogP contribution in [0.2, 0.25) is 0 Å². The molecule has 5 nitrogen and oxygen atoms in total. The lowest BCUT2D eigenvalue weighted by atomic mass is 9.84. The molecule has 23 heavy (non-hydrogen) atoms. The highest BCUT2D eigenvalue weighted by atomic mass is 16.1. The Kier molecular flexibility index (Phi) is 3.39. The van der Waals surface area contributed by atoms with Crippen molar-refractivity contribution in [2.24, 2.45) is 17.8 Å². The van der Waals surface area contributed by atoms with Gasteiger partial charge in [-0.2, -0.15) is 5.10 Å². The van der Waals surface area contributed by atoms with Crippen LogP contribution in [0.1, 0.15) is 54.4 Å². The van der Waals surface area contributed by atoms with E-state index in [0.717, 1.165) is 23.2 Å². The number of nitrogens with one attached hydrogen (secondary N) is 1. The van der Waals surface area contributed by atoms with Gasteiger partial charge in [-0.05, 0) is 63.9 Å². The summed E-state index contributed by atoms with van der Waals surface area (Å²) >= 11 is 0. The zero-order valence-electron chi connectivity index (χ0n) is 14.0. The van der Waals surface area contributed by atoms with E-state index in [4.69, 9.17) is 0 Å². The molecule has 122 valence electrons. The predicted octanol–water partition coefficient (Wildman–Crippen LogP) is 2.90. The maximum Gasteiger partial charge on any atom is 0.256 e. The maximum absolute atomic E-state index is 12.7. The van der Waals surface area contributed by atoms with Crippen molar-refractivity contribution in [3.8, 4) is 0 Å². The fourth-order valence-corrected chi connectivity index (χ4v) is 4.73. The Bertz CT molecular complexity index is 766. The van der Waals surface area contributed by atoms with Gasteiger partial charge in [0.2, 0.25) is 0 Å². The second kappa shape index (κ2) is 5.32. The minimum atomic E-state index is -0.0484. The number of carbonyl (C=O) groups excluding carboxylic acids is 1. The minimum Gasteiger partial charge on any atom is -0.349 e. The Balaban J connectivity index is 1.55. The van der Waals surface area contributed by atoms with Crippen LogP contribution in [0.4, 0.5) is 0 Å². The Hall–Kier alpha value is -1.91. The fourth-order valence-electron chi connectivity index (χ4n) is 4.73. The van der Waals surface area contributed by atoms with E-state index in [2.05, 4.69) is 22.3 Å². The van der Waals surface area contributed by atoms with Crippen LogP contribution in [0.15, 0.2) is 12.3 Å². The van der Waals surface area contributed by atoms with Crippen molar-refractivity contribution < 1.29 is 4.79 Å². The van der Waals surface area contributed by atoms with Gasteiger partial charge in [0, 0.05) is 17.4 Å². The third-order valence-corrected chi connectivity index (χ3v) is 5.82. The summed E-state index contributed by atoms with van der Waals surface area (Å²) in [7, 11) is 0. The Morgan fingerprint density at radius 2 is 2.17 bits per heavy atom. The van der Waals surface area contributed by atoms with Crippen LogP contribution in [0.25, 0.3) is 5.65 Å². The van der Waals surface area contributed by atoms with E-state index < -0.39 is 0 Å². The Morgan fingerprint density at radius 3 is 2.87 bits per heavy atom. The zero-order chi connectivity index (χ0) is 16.1. The lowest BCUT2D eigenvalue weighted by molar-refractivity contribution is 0.0917. The number of amides is 1. The lowest BCUT2D eigenvalue weighted by Crippen LogP contribution is -2.40. The fraction of sp³-hybridized carbons (Fsp3) is 0.611. The molecule has 2 saturated carbocycles. The molecule has 0 unspecified atom stereocenters. The van der Waals surface area contributed by atoms with Crippen molar-refractivity contribution in [2.75, 3.05) is 0 Å². The second-order valence-electron chi connectivity index (χ2n) is 7.43. The van der Waals surface area contributed by atoms with Gasteiger partial charge in [-0.1, -0.05) is 6.42 Å². The summed E-state index contributed by atoms with van der Waals surface area (Å²) in [6.07, 6.45) is 7.00. The summed E-state index contributed by atoms with van der Waals surface area (Å²) in [5, 5.41) is 7.52. The van der Waals surface area contributed by atoms with E-state index in [1.165, 1.54) is 25.7 Å². The molecule has 0 saturated heterocycles. The third-order valence-electron chi connectivity index (χ3n) is 5.82. The molecule has 0 spiro atoms. The number of carbonyl (C=O) groups is 1. The van der Waals surface area contributed by atoms with Gasteiger partial charge in [-0.25, -0.2) is 9.50 Å². The molecular formula is C18H24N4O. The molecule has 2 aliphatic carbocycles. The Labute approximate surface area is 136 Å². The van der Waals surface area contributed by atoms with E-state index >= 15 is 0 Å². The van der Waals surface area contributed by atoms with Crippen LogP contribution in [0.5, 0.6) is 0 Å². The summed E-state index contributed by atoms with van der Waals surface area (Å²) in [6, 6.07) is 2.19. The highest BCUT2D eigenvalue weighted by Gasteiger charge is 2.42. The van der Waals surface area contributed by atoms with Crippen LogP contribution >= 0.6 is 0 Å². The number of aromatic nitrogens is 3. The average Bonchev–Trinajstić information content (AvgIpc) is 3.21.